The average molecular weight is 353 g/mol. The highest BCUT2D eigenvalue weighted by molar-refractivity contribution is 6.36. The van der Waals surface area contributed by atoms with Crippen LogP contribution in [-0.4, -0.2) is 20.7 Å². The Labute approximate surface area is 133 Å². The molecule has 1 atom stereocenters. The molecular formula is C12H9Cl2F3N4O. The first kappa shape index (κ1) is 16.6. The van der Waals surface area contributed by atoms with E-state index in [0.717, 1.165) is 16.9 Å². The molecule has 2 aromatic heterocycles. The van der Waals surface area contributed by atoms with Crippen LogP contribution < -0.4 is 5.32 Å². The number of carbonyl (C=O) groups is 1. The Hall–Kier alpha value is -1.80. The van der Waals surface area contributed by atoms with E-state index in [-0.39, 0.29) is 15.9 Å². The van der Waals surface area contributed by atoms with Gasteiger partial charge in [0.1, 0.15) is 6.04 Å². The second-order valence-corrected chi connectivity index (χ2v) is 5.17. The van der Waals surface area contributed by atoms with Crippen LogP contribution in [0.2, 0.25) is 10.0 Å². The van der Waals surface area contributed by atoms with Gasteiger partial charge in [-0.15, -0.1) is 0 Å². The largest absolute Gasteiger partial charge is 0.435 e. The molecule has 0 aromatic carbocycles. The molecule has 1 unspecified atom stereocenters. The minimum absolute atomic E-state index is 0.0612. The lowest BCUT2D eigenvalue weighted by Crippen LogP contribution is -2.25. The Kier molecular flexibility index (Phi) is 4.62. The quantitative estimate of drug-likeness (QED) is 0.913. The molecule has 2 heterocycles. The van der Waals surface area contributed by atoms with Crippen LogP contribution in [0, 0.1) is 0 Å². The molecule has 2 rings (SSSR count). The van der Waals surface area contributed by atoms with Crippen LogP contribution in [0.15, 0.2) is 24.5 Å². The van der Waals surface area contributed by atoms with Gasteiger partial charge < -0.3 is 5.32 Å². The zero-order valence-corrected chi connectivity index (χ0v) is 12.5. The summed E-state index contributed by atoms with van der Waals surface area (Å²) in [7, 11) is 0. The van der Waals surface area contributed by atoms with Crippen LogP contribution in [-0.2, 0) is 11.0 Å². The van der Waals surface area contributed by atoms with E-state index in [0.29, 0.717) is 0 Å². The number of carbonyl (C=O) groups excluding carboxylic acids is 1. The van der Waals surface area contributed by atoms with E-state index >= 15 is 0 Å². The molecule has 0 aliphatic rings. The van der Waals surface area contributed by atoms with E-state index in [1.807, 2.05) is 0 Å². The van der Waals surface area contributed by atoms with Gasteiger partial charge >= 0.3 is 6.18 Å². The summed E-state index contributed by atoms with van der Waals surface area (Å²) in [6.45, 7) is 1.40. The minimum Gasteiger partial charge on any atom is -0.308 e. The van der Waals surface area contributed by atoms with Gasteiger partial charge in [0.05, 0.1) is 10.0 Å². The SMILES string of the molecule is CC(C(=O)Nc1ncc(Cl)cc1Cl)n1ccc(C(F)(F)F)n1. The van der Waals surface area contributed by atoms with Crippen molar-refractivity contribution in [3.63, 3.8) is 0 Å². The third kappa shape index (κ3) is 3.69. The van der Waals surface area contributed by atoms with Gasteiger partial charge in [0.25, 0.3) is 0 Å². The van der Waals surface area contributed by atoms with Gasteiger partial charge in [-0.3, -0.25) is 9.48 Å². The number of nitrogens with zero attached hydrogens (tertiary/aromatic N) is 3. The van der Waals surface area contributed by atoms with Gasteiger partial charge in [0, 0.05) is 12.4 Å². The molecule has 0 saturated heterocycles. The van der Waals surface area contributed by atoms with Crippen molar-refractivity contribution in [3.05, 3.63) is 40.3 Å². The van der Waals surface area contributed by atoms with Crippen molar-refractivity contribution < 1.29 is 18.0 Å². The number of aromatic nitrogens is 3. The Morgan fingerprint density at radius 1 is 1.41 bits per heavy atom. The fraction of sp³-hybridized carbons (Fsp3) is 0.250. The normalized spacial score (nSPS) is 13.0. The second-order valence-electron chi connectivity index (χ2n) is 4.33. The molecule has 22 heavy (non-hydrogen) atoms. The number of hydrogen-bond donors (Lipinski definition) is 1. The Morgan fingerprint density at radius 3 is 2.64 bits per heavy atom. The fourth-order valence-corrected chi connectivity index (χ4v) is 1.98. The molecule has 0 saturated carbocycles. The summed E-state index contributed by atoms with van der Waals surface area (Å²) in [5.74, 6) is -0.556. The topological polar surface area (TPSA) is 59.8 Å². The van der Waals surface area contributed by atoms with E-state index < -0.39 is 23.8 Å². The summed E-state index contributed by atoms with van der Waals surface area (Å²) < 4.78 is 38.4. The smallest absolute Gasteiger partial charge is 0.308 e. The molecule has 118 valence electrons. The van der Waals surface area contributed by atoms with Gasteiger partial charge in [0.15, 0.2) is 11.5 Å². The highest BCUT2D eigenvalue weighted by atomic mass is 35.5. The second kappa shape index (κ2) is 6.13. The van der Waals surface area contributed by atoms with Gasteiger partial charge in [0.2, 0.25) is 5.91 Å². The first-order valence-corrected chi connectivity index (χ1v) is 6.68. The number of rotatable bonds is 3. The monoisotopic (exact) mass is 352 g/mol. The van der Waals surface area contributed by atoms with Crippen molar-refractivity contribution in [2.45, 2.75) is 19.1 Å². The van der Waals surface area contributed by atoms with E-state index in [4.69, 9.17) is 23.2 Å². The van der Waals surface area contributed by atoms with E-state index in [2.05, 4.69) is 15.4 Å². The van der Waals surface area contributed by atoms with E-state index in [1.165, 1.54) is 19.2 Å². The highest BCUT2D eigenvalue weighted by Crippen LogP contribution is 2.28. The Balaban J connectivity index is 2.14. The maximum atomic E-state index is 12.5. The molecule has 2 aromatic rings. The lowest BCUT2D eigenvalue weighted by Gasteiger charge is -2.13. The van der Waals surface area contributed by atoms with Crippen molar-refractivity contribution in [1.82, 2.24) is 14.8 Å². The van der Waals surface area contributed by atoms with Crippen molar-refractivity contribution in [2.24, 2.45) is 0 Å². The molecule has 0 bridgehead atoms. The summed E-state index contributed by atoms with van der Waals surface area (Å²) in [4.78, 5) is 15.9. The Bertz CT molecular complexity index is 702. The first-order chi connectivity index (χ1) is 10.2. The molecule has 0 aliphatic carbocycles. The lowest BCUT2D eigenvalue weighted by atomic mass is 10.3. The van der Waals surface area contributed by atoms with Crippen molar-refractivity contribution in [2.75, 3.05) is 5.32 Å². The molecule has 10 heteroatoms. The predicted octanol–water partition coefficient (Wildman–Crippen LogP) is 3.80. The molecule has 0 spiro atoms. The molecular weight excluding hydrogens is 344 g/mol. The van der Waals surface area contributed by atoms with Crippen LogP contribution in [0.4, 0.5) is 19.0 Å². The number of anilines is 1. The predicted molar refractivity (Wildman–Crippen MR) is 74.8 cm³/mol. The summed E-state index contributed by atoms with van der Waals surface area (Å²) in [5, 5.41) is 6.14. The van der Waals surface area contributed by atoms with Gasteiger partial charge in [-0.05, 0) is 19.1 Å². The highest BCUT2D eigenvalue weighted by Gasteiger charge is 2.34. The summed E-state index contributed by atoms with van der Waals surface area (Å²) >= 11 is 11.5. The average Bonchev–Trinajstić information content (AvgIpc) is 2.90. The number of amides is 1. The summed E-state index contributed by atoms with van der Waals surface area (Å²) in [6, 6.07) is 1.19. The van der Waals surface area contributed by atoms with E-state index in [1.54, 1.807) is 0 Å². The molecule has 0 aliphatic heterocycles. The maximum absolute atomic E-state index is 12.5. The van der Waals surface area contributed by atoms with Crippen molar-refractivity contribution in [1.29, 1.82) is 0 Å². The molecule has 1 amide bonds. The number of halogens is 5. The van der Waals surface area contributed by atoms with Gasteiger partial charge in [-0.1, -0.05) is 23.2 Å². The van der Waals surface area contributed by atoms with Crippen LogP contribution >= 0.6 is 23.2 Å². The number of nitrogens with one attached hydrogen (secondary N) is 1. The fourth-order valence-electron chi connectivity index (χ4n) is 1.55. The molecule has 1 N–H and O–H groups in total. The lowest BCUT2D eigenvalue weighted by molar-refractivity contribution is -0.141. The van der Waals surface area contributed by atoms with Crippen LogP contribution in [0.5, 0.6) is 0 Å². The van der Waals surface area contributed by atoms with Crippen LogP contribution in [0.3, 0.4) is 0 Å². The molecule has 0 radical (unpaired) electrons. The van der Waals surface area contributed by atoms with Crippen LogP contribution in [0.25, 0.3) is 0 Å². The minimum atomic E-state index is -4.57. The molecule has 0 fully saturated rings. The van der Waals surface area contributed by atoms with Gasteiger partial charge in [-0.2, -0.15) is 18.3 Å². The van der Waals surface area contributed by atoms with Gasteiger partial charge in [-0.25, -0.2) is 4.98 Å². The van der Waals surface area contributed by atoms with E-state index in [9.17, 15) is 18.0 Å². The first-order valence-electron chi connectivity index (χ1n) is 5.92. The number of hydrogen-bond acceptors (Lipinski definition) is 3. The molecule has 5 nitrogen and oxygen atoms in total. The summed E-state index contributed by atoms with van der Waals surface area (Å²) in [6.07, 6.45) is -2.21. The maximum Gasteiger partial charge on any atom is 0.435 e. The van der Waals surface area contributed by atoms with Crippen LogP contribution in [0.1, 0.15) is 18.7 Å². The standard InChI is InChI=1S/C12H9Cl2F3N4O/c1-6(21-3-2-9(20-21)12(15,16)17)11(22)19-10-8(14)4-7(13)5-18-10/h2-6H,1H3,(H,18,19,22). The third-order valence-electron chi connectivity index (χ3n) is 2.72. The number of pyridine rings is 1. The zero-order chi connectivity index (χ0) is 16.5. The summed E-state index contributed by atoms with van der Waals surface area (Å²) in [5.41, 5.74) is -1.07. The number of alkyl halides is 3. The zero-order valence-electron chi connectivity index (χ0n) is 11.0. The third-order valence-corrected chi connectivity index (χ3v) is 3.22. The Morgan fingerprint density at radius 2 is 2.09 bits per heavy atom. The van der Waals surface area contributed by atoms with Crippen molar-refractivity contribution >= 4 is 34.9 Å². The van der Waals surface area contributed by atoms with Crippen molar-refractivity contribution in [3.8, 4) is 0 Å².